The molecule has 2 aliphatic rings. The lowest BCUT2D eigenvalue weighted by Gasteiger charge is -2.35. The molecule has 1 heterocycles. The lowest BCUT2D eigenvalue weighted by molar-refractivity contribution is 0.302. The van der Waals surface area contributed by atoms with Crippen LogP contribution < -0.4 is 5.73 Å². The summed E-state index contributed by atoms with van der Waals surface area (Å²) >= 11 is 2.05. The van der Waals surface area contributed by atoms with E-state index in [0.717, 1.165) is 18.8 Å². The number of thioether (sulfide) groups is 1. The van der Waals surface area contributed by atoms with Crippen molar-refractivity contribution in [3.63, 3.8) is 0 Å². The second kappa shape index (κ2) is 4.66. The first-order chi connectivity index (χ1) is 8.28. The molecule has 1 aromatic carbocycles. The number of hydrogen-bond acceptors (Lipinski definition) is 2. The van der Waals surface area contributed by atoms with E-state index < -0.39 is 0 Å². The molecule has 1 aromatic rings. The van der Waals surface area contributed by atoms with Crippen LogP contribution in [0.4, 0.5) is 0 Å². The quantitative estimate of drug-likeness (QED) is 0.863. The van der Waals surface area contributed by atoms with Gasteiger partial charge in [-0.3, -0.25) is 0 Å². The molecule has 1 nitrogen and oxygen atoms in total. The first-order valence-electron chi connectivity index (χ1n) is 6.75. The van der Waals surface area contributed by atoms with Gasteiger partial charge in [-0.15, -0.1) is 0 Å². The average Bonchev–Trinajstić information content (AvgIpc) is 2.28. The molecule has 1 saturated carbocycles. The molecule has 0 atom stereocenters. The molecule has 2 fully saturated rings. The lowest BCUT2D eigenvalue weighted by atomic mass is 9.77. The molecule has 92 valence electrons. The second-order valence-corrected chi connectivity index (χ2v) is 6.65. The van der Waals surface area contributed by atoms with Gasteiger partial charge in [0.05, 0.1) is 0 Å². The zero-order chi connectivity index (χ0) is 11.7. The Hall–Kier alpha value is -0.470. The number of hydrogen-bond donors (Lipinski definition) is 1. The van der Waals surface area contributed by atoms with E-state index >= 15 is 0 Å². The molecule has 2 heteroatoms. The molecule has 0 radical (unpaired) electrons. The first-order valence-corrected chi connectivity index (χ1v) is 7.90. The average molecular weight is 247 g/mol. The van der Waals surface area contributed by atoms with E-state index in [1.165, 1.54) is 41.9 Å². The van der Waals surface area contributed by atoms with Crippen LogP contribution in [-0.2, 0) is 5.54 Å². The van der Waals surface area contributed by atoms with Gasteiger partial charge in [0.15, 0.2) is 0 Å². The Bertz CT molecular complexity index is 392. The van der Waals surface area contributed by atoms with Crippen LogP contribution in [0.15, 0.2) is 24.3 Å². The maximum absolute atomic E-state index is 6.60. The zero-order valence-corrected chi connectivity index (χ0v) is 11.1. The standard InChI is InChI=1S/C15H21NS/c16-15(7-2-1-3-8-15)14-6-4-5-12(9-14)13-10-17-11-13/h4-6,9,13H,1-3,7-8,10-11,16H2. The summed E-state index contributed by atoms with van der Waals surface area (Å²) in [6.45, 7) is 0. The monoisotopic (exact) mass is 247 g/mol. The van der Waals surface area contributed by atoms with Gasteiger partial charge < -0.3 is 5.73 Å². The minimum Gasteiger partial charge on any atom is -0.321 e. The highest BCUT2D eigenvalue weighted by atomic mass is 32.2. The van der Waals surface area contributed by atoms with Crippen molar-refractivity contribution in [2.75, 3.05) is 11.5 Å². The molecule has 3 rings (SSSR count). The first kappa shape index (κ1) is 11.6. The Balaban J connectivity index is 1.86. The molecule has 0 aromatic heterocycles. The van der Waals surface area contributed by atoms with Crippen molar-refractivity contribution in [3.05, 3.63) is 35.4 Å². The van der Waals surface area contributed by atoms with Crippen molar-refractivity contribution in [1.82, 2.24) is 0 Å². The Morgan fingerprint density at radius 1 is 1.12 bits per heavy atom. The Morgan fingerprint density at radius 2 is 1.88 bits per heavy atom. The molecule has 1 saturated heterocycles. The number of rotatable bonds is 2. The van der Waals surface area contributed by atoms with Crippen molar-refractivity contribution >= 4 is 11.8 Å². The van der Waals surface area contributed by atoms with E-state index in [4.69, 9.17) is 5.73 Å². The van der Waals surface area contributed by atoms with Crippen molar-refractivity contribution in [1.29, 1.82) is 0 Å². The van der Waals surface area contributed by atoms with Crippen LogP contribution in [0.1, 0.15) is 49.1 Å². The zero-order valence-electron chi connectivity index (χ0n) is 10.3. The minimum absolute atomic E-state index is 0.0366. The SMILES string of the molecule is NC1(c2cccc(C3CSC3)c2)CCCCC1. The molecule has 0 bridgehead atoms. The van der Waals surface area contributed by atoms with E-state index in [1.54, 1.807) is 0 Å². The summed E-state index contributed by atoms with van der Waals surface area (Å²) in [7, 11) is 0. The largest absolute Gasteiger partial charge is 0.321 e. The van der Waals surface area contributed by atoms with Gasteiger partial charge in [-0.1, -0.05) is 43.5 Å². The Morgan fingerprint density at radius 3 is 2.53 bits per heavy atom. The molecular formula is C15H21NS. The molecular weight excluding hydrogens is 226 g/mol. The maximum atomic E-state index is 6.60. The maximum Gasteiger partial charge on any atom is 0.0409 e. The highest BCUT2D eigenvalue weighted by Gasteiger charge is 2.30. The molecule has 0 spiro atoms. The minimum atomic E-state index is -0.0366. The van der Waals surface area contributed by atoms with Crippen LogP contribution in [0.25, 0.3) is 0 Å². The van der Waals surface area contributed by atoms with E-state index in [1.807, 2.05) is 11.8 Å². The van der Waals surface area contributed by atoms with Crippen LogP contribution in [0.2, 0.25) is 0 Å². The summed E-state index contributed by atoms with van der Waals surface area (Å²) in [5.41, 5.74) is 9.46. The summed E-state index contributed by atoms with van der Waals surface area (Å²) in [4.78, 5) is 0. The highest BCUT2D eigenvalue weighted by Crippen LogP contribution is 2.38. The lowest BCUT2D eigenvalue weighted by Crippen LogP contribution is -2.38. The molecule has 17 heavy (non-hydrogen) atoms. The van der Waals surface area contributed by atoms with Crippen LogP contribution in [0, 0.1) is 0 Å². The molecule has 1 aliphatic carbocycles. The Kier molecular flexibility index (Phi) is 3.18. The summed E-state index contributed by atoms with van der Waals surface area (Å²) in [5.74, 6) is 3.37. The smallest absolute Gasteiger partial charge is 0.0409 e. The fourth-order valence-corrected chi connectivity index (χ4v) is 3.86. The van der Waals surface area contributed by atoms with Crippen molar-refractivity contribution in [3.8, 4) is 0 Å². The van der Waals surface area contributed by atoms with E-state index in [2.05, 4.69) is 24.3 Å². The molecule has 1 aliphatic heterocycles. The van der Waals surface area contributed by atoms with E-state index in [9.17, 15) is 0 Å². The molecule has 0 unspecified atom stereocenters. The van der Waals surface area contributed by atoms with E-state index in [-0.39, 0.29) is 5.54 Å². The fourth-order valence-electron chi connectivity index (χ4n) is 3.00. The van der Waals surface area contributed by atoms with Crippen molar-refractivity contribution in [2.24, 2.45) is 5.73 Å². The number of nitrogens with two attached hydrogens (primary N) is 1. The van der Waals surface area contributed by atoms with Gasteiger partial charge in [0.2, 0.25) is 0 Å². The van der Waals surface area contributed by atoms with Gasteiger partial charge in [-0.25, -0.2) is 0 Å². The summed E-state index contributed by atoms with van der Waals surface area (Å²) in [6.07, 6.45) is 6.27. The van der Waals surface area contributed by atoms with Gasteiger partial charge in [-0.2, -0.15) is 11.8 Å². The normalized spacial score (nSPS) is 24.3. The third kappa shape index (κ3) is 2.25. The van der Waals surface area contributed by atoms with Gasteiger partial charge in [0.25, 0.3) is 0 Å². The van der Waals surface area contributed by atoms with Crippen molar-refractivity contribution in [2.45, 2.75) is 43.6 Å². The van der Waals surface area contributed by atoms with E-state index in [0.29, 0.717) is 0 Å². The number of benzene rings is 1. The second-order valence-electron chi connectivity index (χ2n) is 5.58. The van der Waals surface area contributed by atoms with Crippen LogP contribution in [0.5, 0.6) is 0 Å². The summed E-state index contributed by atoms with van der Waals surface area (Å²) < 4.78 is 0. The van der Waals surface area contributed by atoms with Crippen LogP contribution in [-0.4, -0.2) is 11.5 Å². The van der Waals surface area contributed by atoms with Gasteiger partial charge >= 0.3 is 0 Å². The summed E-state index contributed by atoms with van der Waals surface area (Å²) in [6, 6.07) is 9.10. The van der Waals surface area contributed by atoms with Crippen LogP contribution >= 0.6 is 11.8 Å². The topological polar surface area (TPSA) is 26.0 Å². The summed E-state index contributed by atoms with van der Waals surface area (Å²) in [5, 5.41) is 0. The van der Waals surface area contributed by atoms with Crippen LogP contribution in [0.3, 0.4) is 0 Å². The Labute approximate surface area is 108 Å². The van der Waals surface area contributed by atoms with Gasteiger partial charge in [0.1, 0.15) is 0 Å². The third-order valence-electron chi connectivity index (χ3n) is 4.32. The highest BCUT2D eigenvalue weighted by molar-refractivity contribution is 8.00. The fraction of sp³-hybridized carbons (Fsp3) is 0.600. The predicted octanol–water partition coefficient (Wildman–Crippen LogP) is 3.64. The van der Waals surface area contributed by atoms with Gasteiger partial charge in [0, 0.05) is 23.0 Å². The predicted molar refractivity (Wildman–Crippen MR) is 75.5 cm³/mol. The molecule has 0 amide bonds. The molecule has 2 N–H and O–H groups in total. The van der Waals surface area contributed by atoms with Crippen molar-refractivity contribution < 1.29 is 0 Å². The third-order valence-corrected chi connectivity index (χ3v) is 5.59. The van der Waals surface area contributed by atoms with Gasteiger partial charge in [-0.05, 0) is 24.0 Å².